The van der Waals surface area contributed by atoms with E-state index >= 15 is 0 Å². The van der Waals surface area contributed by atoms with Gasteiger partial charge in [0.2, 0.25) is 6.54 Å². The Bertz CT molecular complexity index is 182. The Morgan fingerprint density at radius 1 is 1.67 bits per heavy atom. The van der Waals surface area contributed by atoms with E-state index in [0.29, 0.717) is 6.42 Å². The molecule has 0 amide bonds. The van der Waals surface area contributed by atoms with E-state index in [-0.39, 0.29) is 17.4 Å². The summed E-state index contributed by atoms with van der Waals surface area (Å²) in [6, 6.07) is 0. The number of rotatable bonds is 4. The quantitative estimate of drug-likeness (QED) is 0.379. The Morgan fingerprint density at radius 3 is 2.50 bits per heavy atom. The summed E-state index contributed by atoms with van der Waals surface area (Å²) in [5.41, 5.74) is 0. The molecule has 0 aromatic heterocycles. The Labute approximate surface area is 77.7 Å². The van der Waals surface area contributed by atoms with E-state index in [4.69, 9.17) is 12.2 Å². The third-order valence-electron chi connectivity index (χ3n) is 1.48. The molecule has 1 atom stereocenters. The average Bonchev–Trinajstić information content (AvgIpc) is 1.84. The molecule has 0 aromatic rings. The van der Waals surface area contributed by atoms with Gasteiger partial charge in [0.1, 0.15) is 0 Å². The molecule has 0 saturated carbocycles. The maximum atomic E-state index is 10.1. The Morgan fingerprint density at radius 2 is 2.17 bits per heavy atom. The molecule has 0 unspecified atom stereocenters. The van der Waals surface area contributed by atoms with Gasteiger partial charge < -0.3 is 4.90 Å². The van der Waals surface area contributed by atoms with E-state index in [2.05, 4.69) is 0 Å². The number of nitro groups is 1. The van der Waals surface area contributed by atoms with Crippen molar-refractivity contribution in [3.8, 4) is 0 Å². The standard InChI is InChI=1S/C7H14N2O2S/c1-6(5-9(10)11)4-7(12)8(2)3/h6H,4-5H2,1-3H3/t6-/m0/s1. The molecule has 0 aliphatic rings. The minimum atomic E-state index is -0.303. The van der Waals surface area contributed by atoms with Crippen LogP contribution in [0.1, 0.15) is 13.3 Å². The van der Waals surface area contributed by atoms with Gasteiger partial charge in [-0.25, -0.2) is 0 Å². The van der Waals surface area contributed by atoms with Crippen LogP contribution < -0.4 is 0 Å². The average molecular weight is 190 g/mol. The van der Waals surface area contributed by atoms with Crippen molar-refractivity contribution in [2.45, 2.75) is 13.3 Å². The van der Waals surface area contributed by atoms with Gasteiger partial charge in [-0.05, 0) is 0 Å². The largest absolute Gasteiger partial charge is 0.372 e. The molecule has 0 heterocycles. The summed E-state index contributed by atoms with van der Waals surface area (Å²) < 4.78 is 0. The molecule has 12 heavy (non-hydrogen) atoms. The summed E-state index contributed by atoms with van der Waals surface area (Å²) in [6.07, 6.45) is 0.614. The van der Waals surface area contributed by atoms with E-state index < -0.39 is 0 Å². The van der Waals surface area contributed by atoms with Crippen molar-refractivity contribution in [3.05, 3.63) is 10.1 Å². The third-order valence-corrected chi connectivity index (χ3v) is 2.01. The van der Waals surface area contributed by atoms with Gasteiger partial charge in [-0.15, -0.1) is 0 Å². The molecule has 0 spiro atoms. The van der Waals surface area contributed by atoms with Crippen LogP contribution in [0.15, 0.2) is 0 Å². The molecule has 5 heteroatoms. The number of hydrogen-bond acceptors (Lipinski definition) is 3. The predicted molar refractivity (Wildman–Crippen MR) is 51.9 cm³/mol. The van der Waals surface area contributed by atoms with Gasteiger partial charge >= 0.3 is 0 Å². The smallest absolute Gasteiger partial charge is 0.206 e. The molecule has 0 radical (unpaired) electrons. The van der Waals surface area contributed by atoms with Gasteiger partial charge in [-0.3, -0.25) is 10.1 Å². The van der Waals surface area contributed by atoms with E-state index in [9.17, 15) is 10.1 Å². The van der Waals surface area contributed by atoms with Crippen molar-refractivity contribution in [1.82, 2.24) is 4.90 Å². The number of hydrogen-bond donors (Lipinski definition) is 0. The summed E-state index contributed by atoms with van der Waals surface area (Å²) >= 11 is 5.01. The van der Waals surface area contributed by atoms with Gasteiger partial charge in [0.05, 0.1) is 4.99 Å². The summed E-state index contributed by atoms with van der Waals surface area (Å²) in [5, 5.41) is 10.1. The second kappa shape index (κ2) is 5.03. The molecular formula is C7H14N2O2S. The van der Waals surface area contributed by atoms with Crippen LogP contribution in [0.25, 0.3) is 0 Å². The summed E-state index contributed by atoms with van der Waals surface area (Å²) in [6.45, 7) is 1.83. The van der Waals surface area contributed by atoms with Crippen LogP contribution in [0.3, 0.4) is 0 Å². The van der Waals surface area contributed by atoms with Crippen molar-refractivity contribution >= 4 is 17.2 Å². The highest BCUT2D eigenvalue weighted by atomic mass is 32.1. The fourth-order valence-electron chi connectivity index (χ4n) is 0.800. The molecule has 0 aromatic carbocycles. The first-order valence-electron chi connectivity index (χ1n) is 3.75. The Hall–Kier alpha value is -0.710. The highest BCUT2D eigenvalue weighted by molar-refractivity contribution is 7.80. The van der Waals surface area contributed by atoms with Gasteiger partial charge in [-0.2, -0.15) is 0 Å². The minimum absolute atomic E-state index is 0.00597. The zero-order chi connectivity index (χ0) is 9.72. The minimum Gasteiger partial charge on any atom is -0.372 e. The highest BCUT2D eigenvalue weighted by Gasteiger charge is 2.12. The van der Waals surface area contributed by atoms with E-state index in [1.54, 1.807) is 0 Å². The highest BCUT2D eigenvalue weighted by Crippen LogP contribution is 2.05. The number of nitrogens with zero attached hydrogens (tertiary/aromatic N) is 2. The van der Waals surface area contributed by atoms with Crippen molar-refractivity contribution in [1.29, 1.82) is 0 Å². The maximum Gasteiger partial charge on any atom is 0.206 e. The third kappa shape index (κ3) is 5.01. The van der Waals surface area contributed by atoms with Crippen LogP contribution in [0.4, 0.5) is 0 Å². The van der Waals surface area contributed by atoms with Crippen molar-refractivity contribution in [2.75, 3.05) is 20.6 Å². The monoisotopic (exact) mass is 190 g/mol. The van der Waals surface area contributed by atoms with Gasteiger partial charge in [0, 0.05) is 31.4 Å². The molecule has 0 fully saturated rings. The van der Waals surface area contributed by atoms with Gasteiger partial charge in [0.15, 0.2) is 0 Å². The van der Waals surface area contributed by atoms with Crippen LogP contribution in [0.2, 0.25) is 0 Å². The Kier molecular flexibility index (Phi) is 4.73. The maximum absolute atomic E-state index is 10.1. The molecular weight excluding hydrogens is 176 g/mol. The fraction of sp³-hybridized carbons (Fsp3) is 0.857. The first-order valence-corrected chi connectivity index (χ1v) is 4.16. The SMILES string of the molecule is C[C@@H](CC(=S)N(C)C)C[N+](=O)[O-]. The summed E-state index contributed by atoms with van der Waals surface area (Å²) in [5.74, 6) is 0.0231. The topological polar surface area (TPSA) is 46.4 Å². The molecule has 0 N–H and O–H groups in total. The fourth-order valence-corrected chi connectivity index (χ4v) is 1.08. The molecule has 0 aliphatic heterocycles. The Balaban J connectivity index is 3.76. The summed E-state index contributed by atoms with van der Waals surface area (Å²) in [4.78, 5) is 12.4. The molecule has 0 bridgehead atoms. The van der Waals surface area contributed by atoms with Crippen molar-refractivity contribution < 1.29 is 4.92 Å². The molecule has 4 nitrogen and oxygen atoms in total. The lowest BCUT2D eigenvalue weighted by atomic mass is 10.1. The van der Waals surface area contributed by atoms with Gasteiger partial charge in [-0.1, -0.05) is 19.1 Å². The lowest BCUT2D eigenvalue weighted by molar-refractivity contribution is -0.487. The van der Waals surface area contributed by atoms with E-state index in [0.717, 1.165) is 4.99 Å². The predicted octanol–water partition coefficient (Wildman–Crippen LogP) is 1.18. The molecule has 70 valence electrons. The molecule has 0 saturated heterocycles. The van der Waals surface area contributed by atoms with Crippen LogP contribution in [0, 0.1) is 16.0 Å². The van der Waals surface area contributed by atoms with Crippen molar-refractivity contribution in [3.63, 3.8) is 0 Å². The van der Waals surface area contributed by atoms with E-state index in [1.807, 2.05) is 25.9 Å². The zero-order valence-corrected chi connectivity index (χ0v) is 8.43. The van der Waals surface area contributed by atoms with Gasteiger partial charge in [0.25, 0.3) is 0 Å². The summed E-state index contributed by atoms with van der Waals surface area (Å²) in [7, 11) is 3.70. The van der Waals surface area contributed by atoms with Crippen LogP contribution in [-0.2, 0) is 0 Å². The first kappa shape index (κ1) is 11.3. The number of thiocarbonyl (C=S) groups is 1. The van der Waals surface area contributed by atoms with Crippen LogP contribution >= 0.6 is 12.2 Å². The van der Waals surface area contributed by atoms with E-state index in [1.165, 1.54) is 0 Å². The van der Waals surface area contributed by atoms with Crippen molar-refractivity contribution in [2.24, 2.45) is 5.92 Å². The second-order valence-electron chi connectivity index (χ2n) is 3.11. The van der Waals surface area contributed by atoms with Crippen LogP contribution in [-0.4, -0.2) is 35.5 Å². The molecule has 0 aliphatic carbocycles. The first-order chi connectivity index (χ1) is 5.43. The lowest BCUT2D eigenvalue weighted by Crippen LogP contribution is -2.24. The molecule has 0 rings (SSSR count). The second-order valence-corrected chi connectivity index (χ2v) is 3.58. The van der Waals surface area contributed by atoms with Crippen LogP contribution in [0.5, 0.6) is 0 Å². The lowest BCUT2D eigenvalue weighted by Gasteiger charge is -2.15. The normalized spacial score (nSPS) is 12.2. The zero-order valence-electron chi connectivity index (χ0n) is 7.61.